The molecule has 1 aromatic carbocycles. The Morgan fingerprint density at radius 1 is 1.08 bits per heavy atom. The van der Waals surface area contributed by atoms with Crippen molar-refractivity contribution in [3.63, 3.8) is 0 Å². The topological polar surface area (TPSA) is 69.1 Å². The van der Waals surface area contributed by atoms with Gasteiger partial charge in [0.1, 0.15) is 6.26 Å². The number of nitrogens with zero attached hydrogens (tertiary/aromatic N) is 5. The summed E-state index contributed by atoms with van der Waals surface area (Å²) in [6.45, 7) is 3.95. The fraction of sp³-hybridized carbons (Fsp3) is 0.176. The van der Waals surface area contributed by atoms with E-state index >= 15 is 0 Å². The third-order valence-corrected chi connectivity index (χ3v) is 4.39. The van der Waals surface area contributed by atoms with E-state index in [1.165, 1.54) is 11.8 Å². The summed E-state index contributed by atoms with van der Waals surface area (Å²) in [5, 5.41) is 5.16. The second-order valence-corrected chi connectivity index (χ2v) is 6.39. The number of benzene rings is 1. The largest absolute Gasteiger partial charge is 0.444 e. The predicted molar refractivity (Wildman–Crippen MR) is 91.8 cm³/mol. The van der Waals surface area contributed by atoms with Crippen LogP contribution in [0.3, 0.4) is 0 Å². The molecule has 0 saturated carbocycles. The van der Waals surface area contributed by atoms with Gasteiger partial charge in [0.25, 0.3) is 5.78 Å². The minimum atomic E-state index is 0.625. The van der Waals surface area contributed by atoms with Crippen LogP contribution in [0.1, 0.15) is 17.1 Å². The Balaban J connectivity index is 1.51. The first kappa shape index (κ1) is 14.9. The molecule has 0 aliphatic heterocycles. The lowest BCUT2D eigenvalue weighted by molar-refractivity contribution is 0.573. The van der Waals surface area contributed by atoms with Gasteiger partial charge >= 0.3 is 0 Å². The molecule has 0 saturated heterocycles. The molecule has 3 heterocycles. The molecule has 4 aromatic rings. The quantitative estimate of drug-likeness (QED) is 0.529. The summed E-state index contributed by atoms with van der Waals surface area (Å²) in [5.74, 6) is 1.90. The summed E-state index contributed by atoms with van der Waals surface area (Å²) in [6, 6.07) is 11.8. The van der Waals surface area contributed by atoms with Crippen molar-refractivity contribution >= 4 is 17.5 Å². The van der Waals surface area contributed by atoms with Crippen molar-refractivity contribution < 1.29 is 4.42 Å². The van der Waals surface area contributed by atoms with E-state index in [0.717, 1.165) is 22.6 Å². The van der Waals surface area contributed by atoms with E-state index in [1.54, 1.807) is 10.8 Å². The van der Waals surface area contributed by atoms with Crippen LogP contribution in [0.4, 0.5) is 0 Å². The SMILES string of the molecule is Cc1cc(C)n2nc(SCc3coc(-c4ccccc4)n3)nc2n1. The Morgan fingerprint density at radius 3 is 2.75 bits per heavy atom. The van der Waals surface area contributed by atoms with Crippen LogP contribution in [0.15, 0.2) is 52.2 Å². The van der Waals surface area contributed by atoms with Crippen molar-refractivity contribution in [2.24, 2.45) is 0 Å². The van der Waals surface area contributed by atoms with Crippen LogP contribution in [0.5, 0.6) is 0 Å². The van der Waals surface area contributed by atoms with Crippen molar-refractivity contribution in [3.8, 4) is 11.5 Å². The Labute approximate surface area is 143 Å². The first-order valence-electron chi connectivity index (χ1n) is 7.53. The number of oxazole rings is 1. The second kappa shape index (κ2) is 6.09. The van der Waals surface area contributed by atoms with E-state index in [-0.39, 0.29) is 0 Å². The number of fused-ring (bicyclic) bond motifs is 1. The normalized spacial score (nSPS) is 11.2. The number of aryl methyl sites for hydroxylation is 2. The molecule has 0 aliphatic carbocycles. The van der Waals surface area contributed by atoms with Crippen LogP contribution in [0.2, 0.25) is 0 Å². The van der Waals surface area contributed by atoms with Crippen LogP contribution < -0.4 is 0 Å². The van der Waals surface area contributed by atoms with E-state index in [0.29, 0.717) is 22.6 Å². The van der Waals surface area contributed by atoms with Crippen LogP contribution in [0, 0.1) is 13.8 Å². The van der Waals surface area contributed by atoms with Gasteiger partial charge in [-0.05, 0) is 32.0 Å². The van der Waals surface area contributed by atoms with Gasteiger partial charge in [-0.2, -0.15) is 4.98 Å². The Kier molecular flexibility index (Phi) is 3.78. The molecule has 120 valence electrons. The van der Waals surface area contributed by atoms with Gasteiger partial charge in [-0.1, -0.05) is 30.0 Å². The van der Waals surface area contributed by atoms with E-state index in [4.69, 9.17) is 4.42 Å². The zero-order chi connectivity index (χ0) is 16.5. The molecule has 0 amide bonds. The van der Waals surface area contributed by atoms with Crippen molar-refractivity contribution in [2.45, 2.75) is 24.8 Å². The zero-order valence-electron chi connectivity index (χ0n) is 13.3. The Bertz CT molecular complexity index is 993. The molecule has 0 unspecified atom stereocenters. The third kappa shape index (κ3) is 2.90. The molecule has 0 bridgehead atoms. The Morgan fingerprint density at radius 2 is 1.92 bits per heavy atom. The molecule has 24 heavy (non-hydrogen) atoms. The minimum absolute atomic E-state index is 0.625. The van der Waals surface area contributed by atoms with E-state index in [9.17, 15) is 0 Å². The molecular weight excluding hydrogens is 322 g/mol. The molecule has 3 aromatic heterocycles. The molecular formula is C17H15N5OS. The lowest BCUT2D eigenvalue weighted by atomic mass is 10.2. The van der Waals surface area contributed by atoms with Crippen LogP contribution in [-0.4, -0.2) is 24.6 Å². The van der Waals surface area contributed by atoms with Crippen LogP contribution in [-0.2, 0) is 5.75 Å². The van der Waals surface area contributed by atoms with Gasteiger partial charge in [0.15, 0.2) is 0 Å². The van der Waals surface area contributed by atoms with Crippen molar-refractivity contribution in [3.05, 3.63) is 59.7 Å². The van der Waals surface area contributed by atoms with Gasteiger partial charge in [0.2, 0.25) is 11.0 Å². The summed E-state index contributed by atoms with van der Waals surface area (Å²) in [4.78, 5) is 13.4. The standard InChI is InChI=1S/C17H15N5OS/c1-11-8-12(2)22-16(18-11)20-17(21-22)24-10-14-9-23-15(19-14)13-6-4-3-5-7-13/h3-9H,10H2,1-2H3. The summed E-state index contributed by atoms with van der Waals surface area (Å²) >= 11 is 1.52. The summed E-state index contributed by atoms with van der Waals surface area (Å²) < 4.78 is 7.31. The second-order valence-electron chi connectivity index (χ2n) is 5.44. The number of hydrogen-bond donors (Lipinski definition) is 0. The maximum absolute atomic E-state index is 5.55. The number of rotatable bonds is 4. The van der Waals surface area contributed by atoms with E-state index in [1.807, 2.05) is 50.2 Å². The molecule has 0 spiro atoms. The van der Waals surface area contributed by atoms with Gasteiger partial charge in [-0.3, -0.25) is 0 Å². The van der Waals surface area contributed by atoms with Gasteiger partial charge in [0.05, 0.1) is 5.69 Å². The van der Waals surface area contributed by atoms with E-state index < -0.39 is 0 Å². The molecule has 4 rings (SSSR count). The van der Waals surface area contributed by atoms with Gasteiger partial charge in [-0.15, -0.1) is 5.10 Å². The van der Waals surface area contributed by atoms with Crippen LogP contribution in [0.25, 0.3) is 17.2 Å². The summed E-state index contributed by atoms with van der Waals surface area (Å²) in [6.07, 6.45) is 1.68. The third-order valence-electron chi connectivity index (χ3n) is 3.52. The molecule has 6 nitrogen and oxygen atoms in total. The van der Waals surface area contributed by atoms with Gasteiger partial charge in [-0.25, -0.2) is 14.5 Å². The Hall–Kier alpha value is -2.67. The molecule has 0 fully saturated rings. The highest BCUT2D eigenvalue weighted by molar-refractivity contribution is 7.98. The maximum atomic E-state index is 5.55. The fourth-order valence-electron chi connectivity index (χ4n) is 2.43. The van der Waals surface area contributed by atoms with Crippen molar-refractivity contribution in [1.29, 1.82) is 0 Å². The summed E-state index contributed by atoms with van der Waals surface area (Å²) in [7, 11) is 0. The first-order chi connectivity index (χ1) is 11.7. The molecule has 7 heteroatoms. The lowest BCUT2D eigenvalue weighted by Crippen LogP contribution is -1.97. The highest BCUT2D eigenvalue weighted by Crippen LogP contribution is 2.23. The summed E-state index contributed by atoms with van der Waals surface area (Å²) in [5.41, 5.74) is 3.78. The molecule has 0 aliphatic rings. The average molecular weight is 337 g/mol. The smallest absolute Gasteiger partial charge is 0.253 e. The number of hydrogen-bond acceptors (Lipinski definition) is 6. The monoisotopic (exact) mass is 337 g/mol. The lowest BCUT2D eigenvalue weighted by Gasteiger charge is -1.97. The predicted octanol–water partition coefficient (Wildman–Crippen LogP) is 3.69. The highest BCUT2D eigenvalue weighted by atomic mass is 32.2. The van der Waals surface area contributed by atoms with Crippen LogP contribution >= 0.6 is 11.8 Å². The number of thioether (sulfide) groups is 1. The average Bonchev–Trinajstić information content (AvgIpc) is 3.20. The zero-order valence-corrected chi connectivity index (χ0v) is 14.1. The maximum Gasteiger partial charge on any atom is 0.253 e. The van der Waals surface area contributed by atoms with E-state index in [2.05, 4.69) is 20.1 Å². The van der Waals surface area contributed by atoms with Gasteiger partial charge < -0.3 is 4.42 Å². The van der Waals surface area contributed by atoms with Gasteiger partial charge in [0, 0.05) is 22.7 Å². The minimum Gasteiger partial charge on any atom is -0.444 e. The molecule has 0 N–H and O–H groups in total. The first-order valence-corrected chi connectivity index (χ1v) is 8.51. The van der Waals surface area contributed by atoms with Crippen molar-refractivity contribution in [1.82, 2.24) is 24.6 Å². The fourth-order valence-corrected chi connectivity index (χ4v) is 3.13. The molecule has 0 atom stereocenters. The number of aromatic nitrogens is 5. The highest BCUT2D eigenvalue weighted by Gasteiger charge is 2.11. The van der Waals surface area contributed by atoms with Crippen molar-refractivity contribution in [2.75, 3.05) is 0 Å². The molecule has 0 radical (unpaired) electrons.